The normalized spacial score (nSPS) is 18.7. The Hall–Kier alpha value is -1.43. The highest BCUT2D eigenvalue weighted by Gasteiger charge is 2.27. The maximum absolute atomic E-state index is 12.4. The van der Waals surface area contributed by atoms with Crippen molar-refractivity contribution < 1.29 is 14.6 Å². The van der Waals surface area contributed by atoms with Crippen LogP contribution in [0.4, 0.5) is 0 Å². The number of hydrogen-bond donors (Lipinski definition) is 1. The molecule has 5 heteroatoms. The second-order valence-electron chi connectivity index (χ2n) is 5.90. The van der Waals surface area contributed by atoms with E-state index < -0.39 is 6.10 Å². The fraction of sp³-hybridized carbons (Fsp3) is 0.611. The maximum Gasteiger partial charge on any atom is 0.251 e. The van der Waals surface area contributed by atoms with Gasteiger partial charge in [-0.1, -0.05) is 37.3 Å². The molecular weight excluding hydrogens is 292 g/mol. The van der Waals surface area contributed by atoms with Gasteiger partial charge in [0.2, 0.25) is 0 Å². The summed E-state index contributed by atoms with van der Waals surface area (Å²) < 4.78 is 5.51. The SMILES string of the molecule is CCOC(CC)C(=O)N1CCN(CC(O)c2ccccc2)CC1. The van der Waals surface area contributed by atoms with Gasteiger partial charge < -0.3 is 14.7 Å². The lowest BCUT2D eigenvalue weighted by atomic mass is 10.1. The number of carbonyl (C=O) groups is 1. The van der Waals surface area contributed by atoms with E-state index >= 15 is 0 Å². The number of piperazine rings is 1. The summed E-state index contributed by atoms with van der Waals surface area (Å²) >= 11 is 0. The van der Waals surface area contributed by atoms with Gasteiger partial charge in [-0.05, 0) is 18.9 Å². The summed E-state index contributed by atoms with van der Waals surface area (Å²) in [5.41, 5.74) is 0.938. The number of aliphatic hydroxyl groups is 1. The summed E-state index contributed by atoms with van der Waals surface area (Å²) in [4.78, 5) is 16.5. The van der Waals surface area contributed by atoms with Crippen molar-refractivity contribution in [1.29, 1.82) is 0 Å². The summed E-state index contributed by atoms with van der Waals surface area (Å²) in [6.45, 7) is 8.04. The van der Waals surface area contributed by atoms with E-state index in [9.17, 15) is 9.90 Å². The molecule has 1 aromatic carbocycles. The summed E-state index contributed by atoms with van der Waals surface area (Å²) in [6, 6.07) is 9.71. The smallest absolute Gasteiger partial charge is 0.251 e. The second-order valence-corrected chi connectivity index (χ2v) is 5.90. The molecule has 0 spiro atoms. The minimum Gasteiger partial charge on any atom is -0.387 e. The first-order valence-electron chi connectivity index (χ1n) is 8.51. The Balaban J connectivity index is 1.80. The van der Waals surface area contributed by atoms with E-state index in [0.717, 1.165) is 18.7 Å². The third kappa shape index (κ3) is 5.03. The summed E-state index contributed by atoms with van der Waals surface area (Å²) in [6.07, 6.45) is -0.0914. The van der Waals surface area contributed by atoms with Crippen LogP contribution in [0.15, 0.2) is 30.3 Å². The van der Waals surface area contributed by atoms with E-state index in [1.807, 2.05) is 49.1 Å². The number of nitrogens with zero attached hydrogens (tertiary/aromatic N) is 2. The Bertz CT molecular complexity index is 472. The molecule has 1 saturated heterocycles. The van der Waals surface area contributed by atoms with Gasteiger partial charge in [-0.3, -0.25) is 9.69 Å². The van der Waals surface area contributed by atoms with Crippen LogP contribution >= 0.6 is 0 Å². The lowest BCUT2D eigenvalue weighted by Crippen LogP contribution is -2.52. The third-order valence-corrected chi connectivity index (χ3v) is 4.31. The highest BCUT2D eigenvalue weighted by molar-refractivity contribution is 5.81. The van der Waals surface area contributed by atoms with Crippen LogP contribution in [0.3, 0.4) is 0 Å². The molecule has 1 fully saturated rings. The summed E-state index contributed by atoms with van der Waals surface area (Å²) in [5.74, 6) is 0.0950. The average molecular weight is 320 g/mol. The van der Waals surface area contributed by atoms with Crippen LogP contribution in [0, 0.1) is 0 Å². The zero-order chi connectivity index (χ0) is 16.7. The molecule has 0 radical (unpaired) electrons. The van der Waals surface area contributed by atoms with Crippen LogP contribution in [0.2, 0.25) is 0 Å². The number of benzene rings is 1. The predicted molar refractivity (Wildman–Crippen MR) is 90.1 cm³/mol. The Morgan fingerprint density at radius 2 is 1.83 bits per heavy atom. The summed E-state index contributed by atoms with van der Waals surface area (Å²) in [5, 5.41) is 10.3. The molecule has 2 atom stereocenters. The van der Waals surface area contributed by atoms with Gasteiger partial charge in [-0.15, -0.1) is 0 Å². The standard InChI is InChI=1S/C18H28N2O3/c1-3-17(23-4-2)18(22)20-12-10-19(11-13-20)14-16(21)15-8-6-5-7-9-15/h5-9,16-17,21H,3-4,10-14H2,1-2H3. The number of amides is 1. The van der Waals surface area contributed by atoms with Gasteiger partial charge in [-0.25, -0.2) is 0 Å². The van der Waals surface area contributed by atoms with E-state index in [1.165, 1.54) is 0 Å². The Morgan fingerprint density at radius 3 is 2.39 bits per heavy atom. The molecule has 128 valence electrons. The van der Waals surface area contributed by atoms with E-state index in [2.05, 4.69) is 4.90 Å². The van der Waals surface area contributed by atoms with Gasteiger partial charge in [0.05, 0.1) is 6.10 Å². The minimum atomic E-state index is -0.481. The van der Waals surface area contributed by atoms with Crippen molar-refractivity contribution in [3.8, 4) is 0 Å². The summed E-state index contributed by atoms with van der Waals surface area (Å²) in [7, 11) is 0. The van der Waals surface area contributed by atoms with Crippen LogP contribution in [0.1, 0.15) is 31.9 Å². The van der Waals surface area contributed by atoms with E-state index in [0.29, 0.717) is 32.7 Å². The predicted octanol–water partition coefficient (Wildman–Crippen LogP) is 1.68. The Morgan fingerprint density at radius 1 is 1.17 bits per heavy atom. The molecule has 0 bridgehead atoms. The second kappa shape index (κ2) is 9.01. The van der Waals surface area contributed by atoms with Crippen LogP contribution in [0.25, 0.3) is 0 Å². The molecule has 5 nitrogen and oxygen atoms in total. The van der Waals surface area contributed by atoms with Gasteiger partial charge in [0, 0.05) is 39.3 Å². The quantitative estimate of drug-likeness (QED) is 0.830. The monoisotopic (exact) mass is 320 g/mol. The van der Waals surface area contributed by atoms with Crippen molar-refractivity contribution >= 4 is 5.91 Å². The van der Waals surface area contributed by atoms with Crippen LogP contribution < -0.4 is 0 Å². The molecule has 0 aliphatic carbocycles. The van der Waals surface area contributed by atoms with Crippen molar-refractivity contribution in [1.82, 2.24) is 9.80 Å². The average Bonchev–Trinajstić information content (AvgIpc) is 2.60. The minimum absolute atomic E-state index is 0.0950. The topological polar surface area (TPSA) is 53.0 Å². The van der Waals surface area contributed by atoms with Gasteiger partial charge >= 0.3 is 0 Å². The van der Waals surface area contributed by atoms with E-state index in [4.69, 9.17) is 4.74 Å². The van der Waals surface area contributed by atoms with Crippen molar-refractivity contribution in [2.24, 2.45) is 0 Å². The van der Waals surface area contributed by atoms with Gasteiger partial charge in [-0.2, -0.15) is 0 Å². The molecule has 2 rings (SSSR count). The number of hydrogen-bond acceptors (Lipinski definition) is 4. The number of carbonyl (C=O) groups excluding carboxylic acids is 1. The molecule has 1 heterocycles. The molecule has 0 saturated carbocycles. The molecule has 2 unspecified atom stereocenters. The number of ether oxygens (including phenoxy) is 1. The first-order valence-corrected chi connectivity index (χ1v) is 8.51. The van der Waals surface area contributed by atoms with Gasteiger partial charge in [0.25, 0.3) is 5.91 Å². The lowest BCUT2D eigenvalue weighted by Gasteiger charge is -2.37. The van der Waals surface area contributed by atoms with E-state index in [-0.39, 0.29) is 12.0 Å². The molecule has 0 aromatic heterocycles. The first-order chi connectivity index (χ1) is 11.2. The molecule has 23 heavy (non-hydrogen) atoms. The Kier molecular flexibility index (Phi) is 7.02. The van der Waals surface area contributed by atoms with Gasteiger partial charge in [0.15, 0.2) is 0 Å². The molecule has 1 N–H and O–H groups in total. The van der Waals surface area contributed by atoms with Crippen LogP contribution in [-0.4, -0.2) is 66.2 Å². The Labute approximate surface area is 138 Å². The first kappa shape index (κ1) is 17.9. The fourth-order valence-electron chi connectivity index (χ4n) is 2.94. The van der Waals surface area contributed by atoms with Crippen molar-refractivity contribution in [3.63, 3.8) is 0 Å². The lowest BCUT2D eigenvalue weighted by molar-refractivity contribution is -0.145. The molecule has 1 aromatic rings. The molecule has 1 amide bonds. The van der Waals surface area contributed by atoms with Crippen molar-refractivity contribution in [2.75, 3.05) is 39.3 Å². The fourth-order valence-corrected chi connectivity index (χ4v) is 2.94. The zero-order valence-corrected chi connectivity index (χ0v) is 14.1. The molecule has 1 aliphatic heterocycles. The van der Waals surface area contributed by atoms with Crippen molar-refractivity contribution in [2.45, 2.75) is 32.5 Å². The van der Waals surface area contributed by atoms with Crippen LogP contribution in [0.5, 0.6) is 0 Å². The highest BCUT2D eigenvalue weighted by Crippen LogP contribution is 2.15. The zero-order valence-electron chi connectivity index (χ0n) is 14.1. The number of β-amino-alcohol motifs (C(OH)–C–C–N with tert-alkyl or cyclic N) is 1. The number of rotatable bonds is 7. The number of aliphatic hydroxyl groups excluding tert-OH is 1. The van der Waals surface area contributed by atoms with Gasteiger partial charge in [0.1, 0.15) is 6.10 Å². The molecular formula is C18H28N2O3. The highest BCUT2D eigenvalue weighted by atomic mass is 16.5. The molecule has 1 aliphatic rings. The largest absolute Gasteiger partial charge is 0.387 e. The third-order valence-electron chi connectivity index (χ3n) is 4.31. The van der Waals surface area contributed by atoms with E-state index in [1.54, 1.807) is 0 Å². The van der Waals surface area contributed by atoms with Crippen LogP contribution in [-0.2, 0) is 9.53 Å². The van der Waals surface area contributed by atoms with Crippen molar-refractivity contribution in [3.05, 3.63) is 35.9 Å². The maximum atomic E-state index is 12.4.